The summed E-state index contributed by atoms with van der Waals surface area (Å²) in [7, 11) is 0. The molecule has 90 valence electrons. The lowest BCUT2D eigenvalue weighted by atomic mass is 9.97. The summed E-state index contributed by atoms with van der Waals surface area (Å²) in [6.45, 7) is 1.27. The molecule has 0 aromatic heterocycles. The van der Waals surface area contributed by atoms with Crippen molar-refractivity contribution in [1.82, 2.24) is 0 Å². The first-order valence-corrected chi connectivity index (χ1v) is 4.53. The number of alkyl halides is 3. The Labute approximate surface area is 89.7 Å². The SMILES string of the molecule is C[C@H](O)[C@H](N)c1ccc(F)cc1C(F)(F)F. The molecule has 0 spiro atoms. The van der Waals surface area contributed by atoms with Crippen LogP contribution in [0.3, 0.4) is 0 Å². The van der Waals surface area contributed by atoms with Gasteiger partial charge in [0.1, 0.15) is 5.82 Å². The lowest BCUT2D eigenvalue weighted by Crippen LogP contribution is -2.26. The molecule has 16 heavy (non-hydrogen) atoms. The van der Waals surface area contributed by atoms with Crippen LogP contribution in [0, 0.1) is 5.82 Å². The summed E-state index contributed by atoms with van der Waals surface area (Å²) in [5.41, 5.74) is 3.95. The standard InChI is InChI=1S/C10H11F4NO/c1-5(16)9(15)7-3-2-6(11)4-8(7)10(12,13)14/h2-5,9,16H,15H2,1H3/t5-,9-/m0/s1. The Bertz CT molecular complexity index is 376. The molecule has 1 rings (SSSR count). The average molecular weight is 237 g/mol. The summed E-state index contributed by atoms with van der Waals surface area (Å²) in [5.74, 6) is -0.992. The predicted octanol–water partition coefficient (Wildman–Crippen LogP) is 2.23. The van der Waals surface area contributed by atoms with E-state index in [4.69, 9.17) is 10.8 Å². The van der Waals surface area contributed by atoms with Gasteiger partial charge in [-0.05, 0) is 24.6 Å². The molecular formula is C10H11F4NO. The van der Waals surface area contributed by atoms with Crippen molar-refractivity contribution in [3.8, 4) is 0 Å². The quantitative estimate of drug-likeness (QED) is 0.775. The molecule has 6 heteroatoms. The number of rotatable bonds is 2. The van der Waals surface area contributed by atoms with Crippen LogP contribution in [0.4, 0.5) is 17.6 Å². The topological polar surface area (TPSA) is 46.2 Å². The molecule has 2 nitrogen and oxygen atoms in total. The summed E-state index contributed by atoms with van der Waals surface area (Å²) in [5, 5.41) is 9.15. The highest BCUT2D eigenvalue weighted by Gasteiger charge is 2.35. The third-order valence-electron chi connectivity index (χ3n) is 2.20. The lowest BCUT2D eigenvalue weighted by molar-refractivity contribution is -0.138. The number of nitrogens with two attached hydrogens (primary N) is 1. The maximum Gasteiger partial charge on any atom is 0.416 e. The van der Waals surface area contributed by atoms with Crippen LogP contribution >= 0.6 is 0 Å². The fraction of sp³-hybridized carbons (Fsp3) is 0.400. The fourth-order valence-corrected chi connectivity index (χ4v) is 1.32. The van der Waals surface area contributed by atoms with Gasteiger partial charge in [-0.2, -0.15) is 13.2 Å². The van der Waals surface area contributed by atoms with E-state index in [1.165, 1.54) is 6.92 Å². The lowest BCUT2D eigenvalue weighted by Gasteiger charge is -2.20. The minimum atomic E-state index is -4.69. The van der Waals surface area contributed by atoms with E-state index in [2.05, 4.69) is 0 Å². The highest BCUT2D eigenvalue weighted by molar-refractivity contribution is 5.33. The third kappa shape index (κ3) is 2.70. The number of hydrogen-bond acceptors (Lipinski definition) is 2. The minimum Gasteiger partial charge on any atom is -0.391 e. The van der Waals surface area contributed by atoms with Gasteiger partial charge in [0.15, 0.2) is 0 Å². The molecular weight excluding hydrogens is 226 g/mol. The van der Waals surface area contributed by atoms with Crippen LogP contribution in [-0.4, -0.2) is 11.2 Å². The zero-order valence-electron chi connectivity index (χ0n) is 8.42. The molecule has 1 aromatic carbocycles. The largest absolute Gasteiger partial charge is 0.416 e. The molecule has 0 aliphatic carbocycles. The Morgan fingerprint density at radius 2 is 1.88 bits per heavy atom. The first-order valence-electron chi connectivity index (χ1n) is 4.53. The summed E-state index contributed by atoms with van der Waals surface area (Å²) in [4.78, 5) is 0. The van der Waals surface area contributed by atoms with Crippen molar-refractivity contribution in [3.63, 3.8) is 0 Å². The van der Waals surface area contributed by atoms with E-state index < -0.39 is 29.7 Å². The molecule has 0 bridgehead atoms. The van der Waals surface area contributed by atoms with Crippen LogP contribution in [0.2, 0.25) is 0 Å². The first-order chi connectivity index (χ1) is 7.23. The van der Waals surface area contributed by atoms with Crippen molar-refractivity contribution in [2.75, 3.05) is 0 Å². The summed E-state index contributed by atoms with van der Waals surface area (Å²) >= 11 is 0. The second kappa shape index (κ2) is 4.39. The van der Waals surface area contributed by atoms with Gasteiger partial charge in [-0.15, -0.1) is 0 Å². The number of aliphatic hydroxyl groups is 1. The zero-order valence-corrected chi connectivity index (χ0v) is 8.42. The Morgan fingerprint density at radius 3 is 2.31 bits per heavy atom. The van der Waals surface area contributed by atoms with Gasteiger partial charge >= 0.3 is 6.18 Å². The number of halogens is 4. The Hall–Kier alpha value is -1.14. The number of hydrogen-bond donors (Lipinski definition) is 2. The highest BCUT2D eigenvalue weighted by atomic mass is 19.4. The van der Waals surface area contributed by atoms with Crippen LogP contribution in [0.25, 0.3) is 0 Å². The van der Waals surface area contributed by atoms with Gasteiger partial charge in [0.2, 0.25) is 0 Å². The number of aliphatic hydroxyl groups excluding tert-OH is 1. The average Bonchev–Trinajstić information content (AvgIpc) is 2.15. The molecule has 2 atom stereocenters. The van der Waals surface area contributed by atoms with Crippen molar-refractivity contribution in [2.24, 2.45) is 5.73 Å². The third-order valence-corrected chi connectivity index (χ3v) is 2.20. The Morgan fingerprint density at radius 1 is 1.31 bits per heavy atom. The fourth-order valence-electron chi connectivity index (χ4n) is 1.32. The molecule has 0 aliphatic heterocycles. The maximum absolute atomic E-state index is 12.7. The maximum atomic E-state index is 12.7. The molecule has 0 saturated heterocycles. The molecule has 0 fully saturated rings. The number of benzene rings is 1. The van der Waals surface area contributed by atoms with E-state index in [9.17, 15) is 17.6 Å². The van der Waals surface area contributed by atoms with Crippen molar-refractivity contribution in [2.45, 2.75) is 25.2 Å². The smallest absolute Gasteiger partial charge is 0.391 e. The minimum absolute atomic E-state index is 0.316. The normalized spacial score (nSPS) is 15.9. The summed E-state index contributed by atoms with van der Waals surface area (Å²) in [6, 6.07) is 0.997. The van der Waals surface area contributed by atoms with Crippen molar-refractivity contribution < 1.29 is 22.7 Å². The Balaban J connectivity index is 3.29. The van der Waals surface area contributed by atoms with Gasteiger partial charge < -0.3 is 10.8 Å². The van der Waals surface area contributed by atoms with Crippen LogP contribution in [0.15, 0.2) is 18.2 Å². The zero-order chi connectivity index (χ0) is 12.5. The van der Waals surface area contributed by atoms with E-state index in [0.29, 0.717) is 6.07 Å². The van der Waals surface area contributed by atoms with E-state index in [1.54, 1.807) is 0 Å². The van der Waals surface area contributed by atoms with Crippen molar-refractivity contribution in [3.05, 3.63) is 35.1 Å². The van der Waals surface area contributed by atoms with E-state index in [1.807, 2.05) is 0 Å². The van der Waals surface area contributed by atoms with E-state index in [-0.39, 0.29) is 5.56 Å². The van der Waals surface area contributed by atoms with Crippen LogP contribution < -0.4 is 5.73 Å². The molecule has 0 saturated carbocycles. The van der Waals surface area contributed by atoms with Gasteiger partial charge in [0.05, 0.1) is 17.7 Å². The van der Waals surface area contributed by atoms with Gasteiger partial charge in [-0.1, -0.05) is 6.07 Å². The second-order valence-electron chi connectivity index (χ2n) is 3.50. The molecule has 0 unspecified atom stereocenters. The monoisotopic (exact) mass is 237 g/mol. The van der Waals surface area contributed by atoms with Crippen LogP contribution in [0.5, 0.6) is 0 Å². The van der Waals surface area contributed by atoms with E-state index in [0.717, 1.165) is 12.1 Å². The van der Waals surface area contributed by atoms with Crippen molar-refractivity contribution >= 4 is 0 Å². The predicted molar refractivity (Wildman–Crippen MR) is 50.0 cm³/mol. The molecule has 0 aliphatic rings. The molecule has 0 radical (unpaired) electrons. The second-order valence-corrected chi connectivity index (χ2v) is 3.50. The van der Waals surface area contributed by atoms with Gasteiger partial charge in [-0.25, -0.2) is 4.39 Å². The van der Waals surface area contributed by atoms with Gasteiger partial charge in [-0.3, -0.25) is 0 Å². The molecule has 0 heterocycles. The molecule has 1 aromatic rings. The van der Waals surface area contributed by atoms with Gasteiger partial charge in [0.25, 0.3) is 0 Å². The Kier molecular flexibility index (Phi) is 3.54. The summed E-state index contributed by atoms with van der Waals surface area (Å²) in [6.07, 6.45) is -5.84. The molecule has 0 amide bonds. The van der Waals surface area contributed by atoms with Crippen LogP contribution in [0.1, 0.15) is 24.1 Å². The highest BCUT2D eigenvalue weighted by Crippen LogP contribution is 2.35. The van der Waals surface area contributed by atoms with Crippen LogP contribution in [-0.2, 0) is 6.18 Å². The van der Waals surface area contributed by atoms with Gasteiger partial charge in [0, 0.05) is 0 Å². The van der Waals surface area contributed by atoms with E-state index >= 15 is 0 Å². The molecule has 3 N–H and O–H groups in total. The van der Waals surface area contributed by atoms with Crippen molar-refractivity contribution in [1.29, 1.82) is 0 Å². The first kappa shape index (κ1) is 12.9. The summed E-state index contributed by atoms with van der Waals surface area (Å²) < 4.78 is 50.4.